The van der Waals surface area contributed by atoms with E-state index in [4.69, 9.17) is 9.47 Å². The van der Waals surface area contributed by atoms with E-state index in [9.17, 15) is 14.7 Å². The number of aliphatic hydroxyl groups excluding tert-OH is 1. The van der Waals surface area contributed by atoms with E-state index in [0.29, 0.717) is 48.8 Å². The Kier molecular flexibility index (Phi) is 9.91. The topological polar surface area (TPSA) is 92.2 Å². The van der Waals surface area contributed by atoms with Gasteiger partial charge in [0.15, 0.2) is 11.5 Å². The minimum Gasteiger partial charge on any atom is -0.507 e. The normalized spacial score (nSPS) is 16.5. The Bertz CT molecular complexity index is 1320. The molecule has 1 aromatic heterocycles. The van der Waals surface area contributed by atoms with E-state index in [1.54, 1.807) is 29.2 Å². The quantitative estimate of drug-likeness (QED) is 0.180. The van der Waals surface area contributed by atoms with Crippen LogP contribution in [0.4, 0.5) is 0 Å². The second-order valence-corrected chi connectivity index (χ2v) is 9.52. The lowest BCUT2D eigenvalue weighted by molar-refractivity contribution is -0.140. The van der Waals surface area contributed by atoms with Crippen LogP contribution in [0.1, 0.15) is 49.9 Å². The Morgan fingerprint density at radius 2 is 1.68 bits per heavy atom. The Morgan fingerprint density at radius 1 is 0.950 bits per heavy atom. The Labute approximate surface area is 235 Å². The smallest absolute Gasteiger partial charge is 0.295 e. The molecular formula is C32H37N3O5. The summed E-state index contributed by atoms with van der Waals surface area (Å²) in [5.41, 5.74) is 2.16. The van der Waals surface area contributed by atoms with E-state index >= 15 is 0 Å². The summed E-state index contributed by atoms with van der Waals surface area (Å²) in [6.45, 7) is 9.83. The fraction of sp³-hybridized carbons (Fsp3) is 0.344. The SMILES string of the molecule is CCOc1cc(C2/C(=C(\O)c3ccncc3)C(=O)C(=O)N2CCCN(CC)CC)ccc1OCc1ccccc1. The summed E-state index contributed by atoms with van der Waals surface area (Å²) in [6.07, 6.45) is 3.77. The highest BCUT2D eigenvalue weighted by Gasteiger charge is 2.46. The zero-order valence-corrected chi connectivity index (χ0v) is 23.4. The van der Waals surface area contributed by atoms with Crippen LogP contribution >= 0.6 is 0 Å². The number of carbonyl (C=O) groups excluding carboxylic acids is 2. The molecule has 0 aliphatic carbocycles. The number of hydrogen-bond acceptors (Lipinski definition) is 7. The maximum atomic E-state index is 13.4. The average Bonchev–Trinajstić information content (AvgIpc) is 3.24. The lowest BCUT2D eigenvalue weighted by Gasteiger charge is -2.27. The van der Waals surface area contributed by atoms with Crippen LogP contribution in [0.25, 0.3) is 5.76 Å². The number of aromatic nitrogens is 1. The van der Waals surface area contributed by atoms with E-state index in [1.165, 1.54) is 12.4 Å². The van der Waals surface area contributed by atoms with Gasteiger partial charge >= 0.3 is 0 Å². The maximum absolute atomic E-state index is 13.4. The van der Waals surface area contributed by atoms with Crippen molar-refractivity contribution in [2.24, 2.45) is 0 Å². The number of carbonyl (C=O) groups is 2. The molecule has 1 unspecified atom stereocenters. The molecule has 4 rings (SSSR count). The third-order valence-electron chi connectivity index (χ3n) is 7.08. The van der Waals surface area contributed by atoms with Crippen molar-refractivity contribution in [2.75, 3.05) is 32.8 Å². The van der Waals surface area contributed by atoms with E-state index in [-0.39, 0.29) is 11.3 Å². The first-order chi connectivity index (χ1) is 19.5. The third-order valence-corrected chi connectivity index (χ3v) is 7.08. The first-order valence-corrected chi connectivity index (χ1v) is 13.8. The third kappa shape index (κ3) is 6.51. The highest BCUT2D eigenvalue weighted by Crippen LogP contribution is 2.42. The van der Waals surface area contributed by atoms with Crippen molar-refractivity contribution in [1.82, 2.24) is 14.8 Å². The van der Waals surface area contributed by atoms with Gasteiger partial charge in [0.05, 0.1) is 18.2 Å². The van der Waals surface area contributed by atoms with Crippen molar-refractivity contribution in [3.63, 3.8) is 0 Å². The molecule has 40 heavy (non-hydrogen) atoms. The van der Waals surface area contributed by atoms with Gasteiger partial charge in [-0.3, -0.25) is 14.6 Å². The molecule has 1 fully saturated rings. The summed E-state index contributed by atoms with van der Waals surface area (Å²) in [6, 6.07) is 17.7. The summed E-state index contributed by atoms with van der Waals surface area (Å²) in [4.78, 5) is 34.5. The van der Waals surface area contributed by atoms with Gasteiger partial charge in [0.25, 0.3) is 11.7 Å². The fourth-order valence-electron chi connectivity index (χ4n) is 4.94. The van der Waals surface area contributed by atoms with Gasteiger partial charge < -0.3 is 24.4 Å². The van der Waals surface area contributed by atoms with Crippen molar-refractivity contribution in [3.8, 4) is 11.5 Å². The molecule has 8 heteroatoms. The number of nitrogens with zero attached hydrogens (tertiary/aromatic N) is 3. The van der Waals surface area contributed by atoms with Crippen molar-refractivity contribution < 1.29 is 24.2 Å². The van der Waals surface area contributed by atoms with Gasteiger partial charge in [-0.15, -0.1) is 0 Å². The molecule has 1 N–H and O–H groups in total. The molecule has 2 aromatic carbocycles. The first kappa shape index (κ1) is 28.8. The molecule has 1 saturated heterocycles. The van der Waals surface area contributed by atoms with Crippen molar-refractivity contribution in [2.45, 2.75) is 39.8 Å². The van der Waals surface area contributed by atoms with Crippen LogP contribution < -0.4 is 9.47 Å². The van der Waals surface area contributed by atoms with Gasteiger partial charge in [0.2, 0.25) is 0 Å². The molecule has 2 heterocycles. The van der Waals surface area contributed by atoms with Gasteiger partial charge in [-0.25, -0.2) is 0 Å². The summed E-state index contributed by atoms with van der Waals surface area (Å²) in [7, 11) is 0. The number of hydrogen-bond donors (Lipinski definition) is 1. The zero-order chi connectivity index (χ0) is 28.5. The minimum absolute atomic E-state index is 0.0550. The summed E-state index contributed by atoms with van der Waals surface area (Å²) >= 11 is 0. The number of Topliss-reactive ketones (excluding diaryl/α,β-unsaturated/α-hetero) is 1. The summed E-state index contributed by atoms with van der Waals surface area (Å²) in [5.74, 6) is -0.484. The van der Waals surface area contributed by atoms with Crippen LogP contribution in [0.15, 0.2) is 78.6 Å². The minimum atomic E-state index is -0.771. The van der Waals surface area contributed by atoms with E-state index in [1.807, 2.05) is 43.3 Å². The monoisotopic (exact) mass is 543 g/mol. The van der Waals surface area contributed by atoms with Crippen molar-refractivity contribution >= 4 is 17.4 Å². The van der Waals surface area contributed by atoms with Gasteiger partial charge in [0.1, 0.15) is 12.4 Å². The van der Waals surface area contributed by atoms with E-state index in [2.05, 4.69) is 23.7 Å². The van der Waals surface area contributed by atoms with Crippen molar-refractivity contribution in [3.05, 3.63) is 95.3 Å². The lowest BCUT2D eigenvalue weighted by atomic mass is 9.95. The molecule has 0 radical (unpaired) electrons. The molecule has 1 amide bonds. The summed E-state index contributed by atoms with van der Waals surface area (Å²) < 4.78 is 12.0. The highest BCUT2D eigenvalue weighted by atomic mass is 16.5. The predicted octanol–water partition coefficient (Wildman–Crippen LogP) is 5.21. The molecule has 1 aliphatic rings. The summed E-state index contributed by atoms with van der Waals surface area (Å²) in [5, 5.41) is 11.3. The fourth-order valence-corrected chi connectivity index (χ4v) is 4.94. The van der Waals surface area contributed by atoms with Crippen LogP contribution in [-0.2, 0) is 16.2 Å². The number of ketones is 1. The van der Waals surface area contributed by atoms with Gasteiger partial charge in [-0.05, 0) is 68.4 Å². The van der Waals surface area contributed by atoms with E-state index in [0.717, 1.165) is 25.2 Å². The number of amides is 1. The van der Waals surface area contributed by atoms with Crippen LogP contribution in [-0.4, -0.2) is 64.4 Å². The first-order valence-electron chi connectivity index (χ1n) is 13.8. The number of aliphatic hydroxyl groups is 1. The maximum Gasteiger partial charge on any atom is 0.295 e. The standard InChI is InChI=1S/C32H37N3O5/c1-4-34(5-2)19-10-20-35-29(28(31(37)32(35)38)30(36)24-15-17-33-18-16-24)25-13-14-26(27(21-25)39-6-3)40-22-23-11-8-7-9-12-23/h7-9,11-18,21,29,36H,4-6,10,19-20,22H2,1-3H3/b30-28+. The van der Waals surface area contributed by atoms with Crippen LogP contribution in [0, 0.1) is 0 Å². The largest absolute Gasteiger partial charge is 0.507 e. The lowest BCUT2D eigenvalue weighted by Crippen LogP contribution is -2.33. The Hall–Kier alpha value is -4.17. The molecule has 1 atom stereocenters. The molecular weight excluding hydrogens is 506 g/mol. The molecule has 3 aromatic rings. The number of rotatable bonds is 13. The molecule has 0 saturated carbocycles. The molecule has 210 valence electrons. The molecule has 8 nitrogen and oxygen atoms in total. The molecule has 1 aliphatic heterocycles. The molecule has 0 bridgehead atoms. The predicted molar refractivity (Wildman–Crippen MR) is 154 cm³/mol. The Balaban J connectivity index is 1.72. The number of benzene rings is 2. The zero-order valence-electron chi connectivity index (χ0n) is 23.4. The van der Waals surface area contributed by atoms with Gasteiger partial charge in [-0.2, -0.15) is 0 Å². The Morgan fingerprint density at radius 3 is 2.35 bits per heavy atom. The molecule has 0 spiro atoms. The van der Waals surface area contributed by atoms with Crippen molar-refractivity contribution in [1.29, 1.82) is 0 Å². The van der Waals surface area contributed by atoms with Crippen LogP contribution in [0.5, 0.6) is 11.5 Å². The number of ether oxygens (including phenoxy) is 2. The van der Waals surface area contributed by atoms with E-state index < -0.39 is 17.7 Å². The second kappa shape index (κ2) is 13.8. The highest BCUT2D eigenvalue weighted by molar-refractivity contribution is 6.46. The van der Waals surface area contributed by atoms with Crippen LogP contribution in [0.3, 0.4) is 0 Å². The average molecular weight is 544 g/mol. The van der Waals surface area contributed by atoms with Gasteiger partial charge in [-0.1, -0.05) is 50.2 Å². The number of pyridine rings is 1. The van der Waals surface area contributed by atoms with Gasteiger partial charge in [0, 0.05) is 24.5 Å². The second-order valence-electron chi connectivity index (χ2n) is 9.52. The van der Waals surface area contributed by atoms with Crippen LogP contribution in [0.2, 0.25) is 0 Å². The number of likely N-dealkylation sites (tertiary alicyclic amines) is 1.